The van der Waals surface area contributed by atoms with Gasteiger partial charge in [0.2, 0.25) is 0 Å². The molecule has 4 heteroatoms. The fourth-order valence-corrected chi connectivity index (χ4v) is 4.12. The molecule has 1 aliphatic rings. The molecule has 2 rings (SSSR count). The molecule has 114 valence electrons. The second kappa shape index (κ2) is 7.53. The molecule has 2 heterocycles. The van der Waals surface area contributed by atoms with Crippen LogP contribution < -0.4 is 10.6 Å². The molecule has 0 bridgehead atoms. The fourth-order valence-electron chi connectivity index (χ4n) is 3.17. The average Bonchev–Trinajstić information content (AvgIpc) is 2.78. The molecule has 0 aromatic carbocycles. The molecule has 2 N–H and O–H groups in total. The highest BCUT2D eigenvalue weighted by Gasteiger charge is 2.20. The SMILES string of the molecule is Cc1nc(C)c(C(C)NCCC(C)C2CCCNC2)s1. The summed E-state index contributed by atoms with van der Waals surface area (Å²) in [5.74, 6) is 1.68. The van der Waals surface area contributed by atoms with E-state index in [1.165, 1.54) is 47.9 Å². The van der Waals surface area contributed by atoms with Gasteiger partial charge in [0.1, 0.15) is 0 Å². The molecule has 20 heavy (non-hydrogen) atoms. The third kappa shape index (κ3) is 4.27. The second-order valence-electron chi connectivity index (χ2n) is 6.23. The molecule has 0 spiro atoms. The minimum absolute atomic E-state index is 0.429. The zero-order valence-electron chi connectivity index (χ0n) is 13.3. The topological polar surface area (TPSA) is 37.0 Å². The minimum atomic E-state index is 0.429. The molecule has 0 saturated carbocycles. The van der Waals surface area contributed by atoms with Gasteiger partial charge in [-0.25, -0.2) is 4.98 Å². The van der Waals surface area contributed by atoms with E-state index in [1.807, 2.05) is 11.3 Å². The largest absolute Gasteiger partial charge is 0.316 e. The summed E-state index contributed by atoms with van der Waals surface area (Å²) in [6, 6.07) is 0.429. The Balaban J connectivity index is 1.73. The van der Waals surface area contributed by atoms with Crippen molar-refractivity contribution in [2.45, 2.75) is 53.0 Å². The van der Waals surface area contributed by atoms with Gasteiger partial charge in [-0.1, -0.05) is 6.92 Å². The highest BCUT2D eigenvalue weighted by Crippen LogP contribution is 2.25. The van der Waals surface area contributed by atoms with Crippen LogP contribution in [0.5, 0.6) is 0 Å². The first-order valence-corrected chi connectivity index (χ1v) is 8.77. The van der Waals surface area contributed by atoms with Crippen LogP contribution in [0.2, 0.25) is 0 Å². The zero-order chi connectivity index (χ0) is 14.5. The number of piperidine rings is 1. The molecule has 0 radical (unpaired) electrons. The fraction of sp³-hybridized carbons (Fsp3) is 0.812. The molecule has 1 aromatic rings. The first kappa shape index (κ1) is 15.9. The average molecular weight is 295 g/mol. The van der Waals surface area contributed by atoms with Crippen LogP contribution in [0.4, 0.5) is 0 Å². The predicted octanol–water partition coefficient (Wildman–Crippen LogP) is 3.44. The Kier molecular flexibility index (Phi) is 6.00. The van der Waals surface area contributed by atoms with Crippen molar-refractivity contribution in [3.63, 3.8) is 0 Å². The van der Waals surface area contributed by atoms with Crippen LogP contribution in [0.15, 0.2) is 0 Å². The summed E-state index contributed by atoms with van der Waals surface area (Å²) < 4.78 is 0. The van der Waals surface area contributed by atoms with Crippen LogP contribution in [-0.4, -0.2) is 24.6 Å². The van der Waals surface area contributed by atoms with Crippen LogP contribution in [-0.2, 0) is 0 Å². The van der Waals surface area contributed by atoms with Gasteiger partial charge in [-0.15, -0.1) is 11.3 Å². The van der Waals surface area contributed by atoms with Crippen LogP contribution in [0.25, 0.3) is 0 Å². The maximum Gasteiger partial charge on any atom is 0.0900 e. The highest BCUT2D eigenvalue weighted by molar-refractivity contribution is 7.11. The number of rotatable bonds is 6. The molecule has 0 aliphatic carbocycles. The monoisotopic (exact) mass is 295 g/mol. The number of nitrogens with one attached hydrogen (secondary N) is 2. The van der Waals surface area contributed by atoms with Crippen molar-refractivity contribution < 1.29 is 0 Å². The number of thiazole rings is 1. The maximum absolute atomic E-state index is 4.52. The Bertz CT molecular complexity index is 410. The van der Waals surface area contributed by atoms with E-state index in [4.69, 9.17) is 0 Å². The Morgan fingerprint density at radius 1 is 1.40 bits per heavy atom. The molecule has 3 nitrogen and oxygen atoms in total. The van der Waals surface area contributed by atoms with E-state index in [9.17, 15) is 0 Å². The van der Waals surface area contributed by atoms with Gasteiger partial charge in [0.15, 0.2) is 0 Å². The van der Waals surface area contributed by atoms with Gasteiger partial charge in [-0.05, 0) is 71.5 Å². The summed E-state index contributed by atoms with van der Waals surface area (Å²) in [5, 5.41) is 8.37. The van der Waals surface area contributed by atoms with Crippen LogP contribution >= 0.6 is 11.3 Å². The van der Waals surface area contributed by atoms with E-state index in [0.29, 0.717) is 6.04 Å². The Hall–Kier alpha value is -0.450. The molecule has 1 fully saturated rings. The summed E-state index contributed by atoms with van der Waals surface area (Å²) in [7, 11) is 0. The van der Waals surface area contributed by atoms with Crippen molar-refractivity contribution in [3.8, 4) is 0 Å². The number of aromatic nitrogens is 1. The number of nitrogens with zero attached hydrogens (tertiary/aromatic N) is 1. The Morgan fingerprint density at radius 3 is 2.80 bits per heavy atom. The minimum Gasteiger partial charge on any atom is -0.316 e. The van der Waals surface area contributed by atoms with E-state index in [0.717, 1.165) is 18.4 Å². The lowest BCUT2D eigenvalue weighted by Gasteiger charge is -2.28. The lowest BCUT2D eigenvalue weighted by atomic mass is 9.85. The van der Waals surface area contributed by atoms with Gasteiger partial charge >= 0.3 is 0 Å². The number of hydrogen-bond acceptors (Lipinski definition) is 4. The molecule has 1 saturated heterocycles. The highest BCUT2D eigenvalue weighted by atomic mass is 32.1. The van der Waals surface area contributed by atoms with Crippen molar-refractivity contribution in [2.75, 3.05) is 19.6 Å². The first-order chi connectivity index (χ1) is 9.58. The third-order valence-electron chi connectivity index (χ3n) is 4.52. The van der Waals surface area contributed by atoms with Crippen LogP contribution in [0, 0.1) is 25.7 Å². The lowest BCUT2D eigenvalue weighted by Crippen LogP contribution is -2.34. The van der Waals surface area contributed by atoms with Crippen molar-refractivity contribution >= 4 is 11.3 Å². The van der Waals surface area contributed by atoms with Gasteiger partial charge in [0.05, 0.1) is 10.7 Å². The Labute approximate surface area is 127 Å². The van der Waals surface area contributed by atoms with Crippen molar-refractivity contribution in [3.05, 3.63) is 15.6 Å². The standard InChI is InChI=1S/C16H29N3S/c1-11(15-6-5-8-17-10-15)7-9-18-12(2)16-13(3)19-14(4)20-16/h11-12,15,17-18H,5-10H2,1-4H3. The summed E-state index contributed by atoms with van der Waals surface area (Å²) in [6.07, 6.45) is 4.02. The molecule has 1 aromatic heterocycles. The molecule has 1 aliphatic heterocycles. The van der Waals surface area contributed by atoms with Gasteiger partial charge in [0, 0.05) is 10.9 Å². The van der Waals surface area contributed by atoms with Crippen molar-refractivity contribution in [1.82, 2.24) is 15.6 Å². The number of aryl methyl sites for hydroxylation is 2. The first-order valence-electron chi connectivity index (χ1n) is 7.96. The van der Waals surface area contributed by atoms with Gasteiger partial charge in [-0.3, -0.25) is 0 Å². The van der Waals surface area contributed by atoms with E-state index in [1.54, 1.807) is 0 Å². The van der Waals surface area contributed by atoms with E-state index in [-0.39, 0.29) is 0 Å². The van der Waals surface area contributed by atoms with E-state index >= 15 is 0 Å². The van der Waals surface area contributed by atoms with Crippen LogP contribution in [0.1, 0.15) is 54.7 Å². The van der Waals surface area contributed by atoms with Crippen molar-refractivity contribution in [2.24, 2.45) is 11.8 Å². The normalized spacial score (nSPS) is 22.7. The van der Waals surface area contributed by atoms with Gasteiger partial charge in [0.25, 0.3) is 0 Å². The summed E-state index contributed by atoms with van der Waals surface area (Å²) in [4.78, 5) is 5.92. The lowest BCUT2D eigenvalue weighted by molar-refractivity contribution is 0.264. The molecule has 3 atom stereocenters. The van der Waals surface area contributed by atoms with E-state index < -0.39 is 0 Å². The predicted molar refractivity (Wildman–Crippen MR) is 87.4 cm³/mol. The molecular formula is C16H29N3S. The summed E-state index contributed by atoms with van der Waals surface area (Å²) in [6.45, 7) is 12.4. The molecular weight excluding hydrogens is 266 g/mol. The summed E-state index contributed by atoms with van der Waals surface area (Å²) in [5.41, 5.74) is 1.19. The molecule has 0 amide bonds. The third-order valence-corrected chi connectivity index (χ3v) is 5.78. The van der Waals surface area contributed by atoms with Gasteiger partial charge < -0.3 is 10.6 Å². The second-order valence-corrected chi connectivity index (χ2v) is 7.47. The number of hydrogen-bond donors (Lipinski definition) is 2. The smallest absolute Gasteiger partial charge is 0.0900 e. The zero-order valence-corrected chi connectivity index (χ0v) is 14.1. The quantitative estimate of drug-likeness (QED) is 0.844. The molecule has 3 unspecified atom stereocenters. The van der Waals surface area contributed by atoms with Gasteiger partial charge in [-0.2, -0.15) is 0 Å². The maximum atomic E-state index is 4.52. The van der Waals surface area contributed by atoms with Crippen molar-refractivity contribution in [1.29, 1.82) is 0 Å². The van der Waals surface area contributed by atoms with Crippen LogP contribution in [0.3, 0.4) is 0 Å². The Morgan fingerprint density at radius 2 is 2.20 bits per heavy atom. The van der Waals surface area contributed by atoms with E-state index in [2.05, 4.69) is 43.3 Å². The summed E-state index contributed by atoms with van der Waals surface area (Å²) >= 11 is 1.83.